The van der Waals surface area contributed by atoms with E-state index in [0.29, 0.717) is 0 Å². The SMILES string of the molecule is CCC.CCCc1ncco1. The van der Waals surface area contributed by atoms with Crippen molar-refractivity contribution in [3.63, 3.8) is 0 Å². The predicted molar refractivity (Wildman–Crippen MR) is 46.5 cm³/mol. The fourth-order valence-electron chi connectivity index (χ4n) is 0.590. The molecule has 0 aliphatic heterocycles. The molecule has 0 aliphatic rings. The molecule has 0 bridgehead atoms. The third kappa shape index (κ3) is 5.64. The summed E-state index contributed by atoms with van der Waals surface area (Å²) in [5.74, 6) is 0.840. The number of aromatic nitrogens is 1. The van der Waals surface area contributed by atoms with Crippen molar-refractivity contribution in [3.05, 3.63) is 18.4 Å². The lowest BCUT2D eigenvalue weighted by Gasteiger charge is -1.84. The highest BCUT2D eigenvalue weighted by Gasteiger charge is 1.90. The van der Waals surface area contributed by atoms with Gasteiger partial charge in [0.1, 0.15) is 6.26 Å². The minimum absolute atomic E-state index is 0.840. The Balaban J connectivity index is 0.000000292. The molecule has 1 rings (SSSR count). The van der Waals surface area contributed by atoms with Crippen LogP contribution in [0.2, 0.25) is 0 Å². The van der Waals surface area contributed by atoms with E-state index in [4.69, 9.17) is 4.42 Å². The molecule has 0 unspecified atom stereocenters. The van der Waals surface area contributed by atoms with Crippen molar-refractivity contribution in [3.8, 4) is 0 Å². The van der Waals surface area contributed by atoms with E-state index in [2.05, 4.69) is 25.8 Å². The molecular weight excluding hydrogens is 138 g/mol. The van der Waals surface area contributed by atoms with Gasteiger partial charge in [0, 0.05) is 6.42 Å². The minimum Gasteiger partial charge on any atom is -0.449 e. The van der Waals surface area contributed by atoms with Crippen molar-refractivity contribution in [1.29, 1.82) is 0 Å². The van der Waals surface area contributed by atoms with Crippen LogP contribution < -0.4 is 0 Å². The highest BCUT2D eigenvalue weighted by atomic mass is 16.3. The second-order valence-electron chi connectivity index (χ2n) is 2.38. The maximum atomic E-state index is 4.96. The summed E-state index contributed by atoms with van der Waals surface area (Å²) >= 11 is 0. The van der Waals surface area contributed by atoms with E-state index < -0.39 is 0 Å². The molecule has 64 valence electrons. The van der Waals surface area contributed by atoms with Crippen molar-refractivity contribution >= 4 is 0 Å². The third-order valence-electron chi connectivity index (χ3n) is 0.947. The van der Waals surface area contributed by atoms with E-state index in [-0.39, 0.29) is 0 Å². The van der Waals surface area contributed by atoms with E-state index in [9.17, 15) is 0 Å². The highest BCUT2D eigenvalue weighted by molar-refractivity contribution is 4.78. The maximum absolute atomic E-state index is 4.96. The lowest BCUT2D eigenvalue weighted by Crippen LogP contribution is -1.78. The first-order valence-corrected chi connectivity index (χ1v) is 4.23. The van der Waals surface area contributed by atoms with Crippen molar-refractivity contribution in [2.45, 2.75) is 40.0 Å². The van der Waals surface area contributed by atoms with Gasteiger partial charge in [-0.2, -0.15) is 0 Å². The molecule has 0 amide bonds. The van der Waals surface area contributed by atoms with Crippen LogP contribution in [0, 0.1) is 0 Å². The summed E-state index contributed by atoms with van der Waals surface area (Å²) in [4.78, 5) is 3.94. The number of hydrogen-bond acceptors (Lipinski definition) is 2. The van der Waals surface area contributed by atoms with Gasteiger partial charge >= 0.3 is 0 Å². The Morgan fingerprint density at radius 3 is 2.36 bits per heavy atom. The quantitative estimate of drug-likeness (QED) is 0.656. The van der Waals surface area contributed by atoms with E-state index in [0.717, 1.165) is 18.7 Å². The summed E-state index contributed by atoms with van der Waals surface area (Å²) in [6.07, 6.45) is 6.57. The van der Waals surface area contributed by atoms with Crippen LogP contribution in [0.25, 0.3) is 0 Å². The van der Waals surface area contributed by atoms with Crippen LogP contribution in [-0.2, 0) is 6.42 Å². The average Bonchev–Trinajstić information content (AvgIpc) is 2.42. The van der Waals surface area contributed by atoms with Gasteiger partial charge in [-0.15, -0.1) is 0 Å². The summed E-state index contributed by atoms with van der Waals surface area (Å²) in [6, 6.07) is 0. The number of aryl methyl sites for hydroxylation is 1. The van der Waals surface area contributed by atoms with Crippen LogP contribution in [0.4, 0.5) is 0 Å². The zero-order valence-electron chi connectivity index (χ0n) is 7.63. The van der Waals surface area contributed by atoms with Gasteiger partial charge in [-0.3, -0.25) is 0 Å². The first-order valence-electron chi connectivity index (χ1n) is 4.23. The molecule has 1 aromatic heterocycles. The zero-order valence-corrected chi connectivity index (χ0v) is 7.63. The Morgan fingerprint density at radius 2 is 2.00 bits per heavy atom. The van der Waals surface area contributed by atoms with Gasteiger partial charge < -0.3 is 4.42 Å². The van der Waals surface area contributed by atoms with Gasteiger partial charge in [-0.05, 0) is 6.42 Å². The second-order valence-corrected chi connectivity index (χ2v) is 2.38. The Bertz CT molecular complexity index is 147. The molecule has 0 fully saturated rings. The molecule has 0 atom stereocenters. The van der Waals surface area contributed by atoms with Crippen molar-refractivity contribution < 1.29 is 4.42 Å². The number of nitrogens with zero attached hydrogens (tertiary/aromatic N) is 1. The van der Waals surface area contributed by atoms with Gasteiger partial charge in [0.2, 0.25) is 0 Å². The van der Waals surface area contributed by atoms with Crippen LogP contribution in [0.5, 0.6) is 0 Å². The van der Waals surface area contributed by atoms with Crippen molar-refractivity contribution in [2.24, 2.45) is 0 Å². The lowest BCUT2D eigenvalue weighted by atomic mass is 10.3. The molecular formula is C9H17NO. The smallest absolute Gasteiger partial charge is 0.193 e. The molecule has 11 heavy (non-hydrogen) atoms. The van der Waals surface area contributed by atoms with Gasteiger partial charge in [0.05, 0.1) is 6.20 Å². The Labute approximate surface area is 68.6 Å². The van der Waals surface area contributed by atoms with Crippen molar-refractivity contribution in [1.82, 2.24) is 4.98 Å². The Hall–Kier alpha value is -0.790. The number of oxazole rings is 1. The first-order chi connectivity index (χ1) is 5.35. The predicted octanol–water partition coefficient (Wildman–Crippen LogP) is 3.04. The summed E-state index contributed by atoms with van der Waals surface area (Å²) in [6.45, 7) is 6.35. The van der Waals surface area contributed by atoms with Gasteiger partial charge in [-0.1, -0.05) is 27.2 Å². The lowest BCUT2D eigenvalue weighted by molar-refractivity contribution is 0.491. The van der Waals surface area contributed by atoms with Crippen LogP contribution in [0.15, 0.2) is 16.9 Å². The zero-order chi connectivity index (χ0) is 8.53. The van der Waals surface area contributed by atoms with E-state index >= 15 is 0 Å². The van der Waals surface area contributed by atoms with Gasteiger partial charge in [0.25, 0.3) is 0 Å². The number of rotatable bonds is 2. The fourth-order valence-corrected chi connectivity index (χ4v) is 0.590. The number of hydrogen-bond donors (Lipinski definition) is 0. The first kappa shape index (κ1) is 10.2. The monoisotopic (exact) mass is 155 g/mol. The fraction of sp³-hybridized carbons (Fsp3) is 0.667. The normalized spacial score (nSPS) is 8.64. The van der Waals surface area contributed by atoms with Crippen LogP contribution in [0.3, 0.4) is 0 Å². The van der Waals surface area contributed by atoms with Crippen LogP contribution in [-0.4, -0.2) is 4.98 Å². The molecule has 0 aliphatic carbocycles. The molecule has 1 heterocycles. The maximum Gasteiger partial charge on any atom is 0.193 e. The van der Waals surface area contributed by atoms with Gasteiger partial charge in [0.15, 0.2) is 5.89 Å². The molecule has 1 aromatic rings. The molecule has 0 spiro atoms. The third-order valence-corrected chi connectivity index (χ3v) is 0.947. The van der Waals surface area contributed by atoms with E-state index in [1.807, 2.05) is 0 Å². The summed E-state index contributed by atoms with van der Waals surface area (Å²) < 4.78 is 4.96. The molecule has 0 saturated heterocycles. The molecule has 0 saturated carbocycles. The van der Waals surface area contributed by atoms with E-state index in [1.165, 1.54) is 6.42 Å². The minimum atomic E-state index is 0.840. The second kappa shape index (κ2) is 7.32. The van der Waals surface area contributed by atoms with Gasteiger partial charge in [-0.25, -0.2) is 4.98 Å². The average molecular weight is 155 g/mol. The highest BCUT2D eigenvalue weighted by Crippen LogP contribution is 1.96. The van der Waals surface area contributed by atoms with E-state index in [1.54, 1.807) is 12.5 Å². The Kier molecular flexibility index (Phi) is 6.79. The van der Waals surface area contributed by atoms with Crippen LogP contribution >= 0.6 is 0 Å². The molecule has 2 heteroatoms. The topological polar surface area (TPSA) is 26.0 Å². The van der Waals surface area contributed by atoms with Crippen LogP contribution in [0.1, 0.15) is 39.5 Å². The molecule has 0 N–H and O–H groups in total. The largest absolute Gasteiger partial charge is 0.449 e. The summed E-state index contributed by atoms with van der Waals surface area (Å²) in [7, 11) is 0. The molecule has 0 aromatic carbocycles. The Morgan fingerprint density at radius 1 is 1.36 bits per heavy atom. The van der Waals surface area contributed by atoms with Crippen molar-refractivity contribution in [2.75, 3.05) is 0 Å². The summed E-state index contributed by atoms with van der Waals surface area (Å²) in [5, 5.41) is 0. The standard InChI is InChI=1S/C6H9NO.C3H8/c1-2-3-6-7-4-5-8-6;1-3-2/h4-5H,2-3H2,1H3;3H2,1-2H3. The molecule has 0 radical (unpaired) electrons. The molecule has 2 nitrogen and oxygen atoms in total. The summed E-state index contributed by atoms with van der Waals surface area (Å²) in [5.41, 5.74) is 0.